The molecular formula is C25H32FN3O5S. The first-order chi connectivity index (χ1) is 16.3. The van der Waals surface area contributed by atoms with E-state index < -0.39 is 40.2 Å². The molecule has 0 unspecified atom stereocenters. The smallest absolute Gasteiger partial charge is 0.244 e. The SMILES string of the molecule is CC[C@@H](C)NC(=O)[C@H](C)N(Cc1ccccc1F)C(=O)CN(c1cccc(C(C)=O)c1)S(C)(=O)=O. The van der Waals surface area contributed by atoms with Crippen LogP contribution in [0.15, 0.2) is 48.5 Å². The quantitative estimate of drug-likeness (QED) is 0.473. The molecule has 0 aliphatic carbocycles. The van der Waals surface area contributed by atoms with Crippen LogP contribution >= 0.6 is 0 Å². The zero-order valence-electron chi connectivity index (χ0n) is 20.6. The van der Waals surface area contributed by atoms with Gasteiger partial charge in [0.2, 0.25) is 21.8 Å². The minimum absolute atomic E-state index is 0.135. The highest BCUT2D eigenvalue weighted by molar-refractivity contribution is 7.92. The Morgan fingerprint density at radius 3 is 2.29 bits per heavy atom. The number of sulfonamides is 1. The third-order valence-electron chi connectivity index (χ3n) is 5.69. The van der Waals surface area contributed by atoms with E-state index in [1.54, 1.807) is 12.1 Å². The number of halogens is 1. The molecule has 2 aromatic carbocycles. The van der Waals surface area contributed by atoms with Crippen LogP contribution in [0.4, 0.5) is 10.1 Å². The van der Waals surface area contributed by atoms with E-state index >= 15 is 0 Å². The summed E-state index contributed by atoms with van der Waals surface area (Å²) < 4.78 is 40.5. The van der Waals surface area contributed by atoms with Crippen molar-refractivity contribution in [3.8, 4) is 0 Å². The average molecular weight is 506 g/mol. The molecule has 2 atom stereocenters. The second-order valence-corrected chi connectivity index (χ2v) is 10.4. The van der Waals surface area contributed by atoms with Gasteiger partial charge in [0, 0.05) is 23.7 Å². The zero-order chi connectivity index (χ0) is 26.3. The van der Waals surface area contributed by atoms with Crippen LogP contribution in [0, 0.1) is 5.82 Å². The number of anilines is 1. The van der Waals surface area contributed by atoms with Gasteiger partial charge >= 0.3 is 0 Å². The normalized spacial score (nSPS) is 13.0. The summed E-state index contributed by atoms with van der Waals surface area (Å²) in [4.78, 5) is 39.2. The summed E-state index contributed by atoms with van der Waals surface area (Å²) in [6.45, 7) is 5.72. The molecule has 0 saturated carbocycles. The summed E-state index contributed by atoms with van der Waals surface area (Å²) in [6.07, 6.45) is 1.62. The van der Waals surface area contributed by atoms with Gasteiger partial charge < -0.3 is 10.2 Å². The van der Waals surface area contributed by atoms with E-state index in [4.69, 9.17) is 0 Å². The van der Waals surface area contributed by atoms with Crippen LogP contribution in [0.3, 0.4) is 0 Å². The Labute approximate surface area is 206 Å². The van der Waals surface area contributed by atoms with Crippen LogP contribution in [0.2, 0.25) is 0 Å². The molecule has 2 amide bonds. The Kier molecular flexibility index (Phi) is 9.53. The Bertz CT molecular complexity index is 1190. The summed E-state index contributed by atoms with van der Waals surface area (Å²) >= 11 is 0. The van der Waals surface area contributed by atoms with Crippen molar-refractivity contribution >= 4 is 33.3 Å². The minimum atomic E-state index is -3.94. The molecule has 0 fully saturated rings. The molecular weight excluding hydrogens is 473 g/mol. The first kappa shape index (κ1) is 28.0. The molecule has 0 bridgehead atoms. The molecule has 190 valence electrons. The Hall–Kier alpha value is -3.27. The fraction of sp³-hybridized carbons (Fsp3) is 0.400. The van der Waals surface area contributed by atoms with Gasteiger partial charge in [-0.25, -0.2) is 12.8 Å². The number of amides is 2. The minimum Gasteiger partial charge on any atom is -0.352 e. The Balaban J connectivity index is 2.44. The topological polar surface area (TPSA) is 104 Å². The van der Waals surface area contributed by atoms with Crippen LogP contribution in [0.25, 0.3) is 0 Å². The summed E-state index contributed by atoms with van der Waals surface area (Å²) in [7, 11) is -3.94. The first-order valence-corrected chi connectivity index (χ1v) is 13.1. The van der Waals surface area contributed by atoms with E-state index in [0.29, 0.717) is 6.42 Å². The summed E-state index contributed by atoms with van der Waals surface area (Å²) in [5.41, 5.74) is 0.609. The number of carbonyl (C=O) groups excluding carboxylic acids is 3. The first-order valence-electron chi connectivity index (χ1n) is 11.3. The monoisotopic (exact) mass is 505 g/mol. The molecule has 0 radical (unpaired) electrons. The van der Waals surface area contributed by atoms with E-state index in [0.717, 1.165) is 15.5 Å². The van der Waals surface area contributed by atoms with Crippen molar-refractivity contribution in [2.75, 3.05) is 17.1 Å². The highest BCUT2D eigenvalue weighted by Gasteiger charge is 2.31. The number of hydrogen-bond donors (Lipinski definition) is 1. The fourth-order valence-electron chi connectivity index (χ4n) is 3.35. The molecule has 10 heteroatoms. The summed E-state index contributed by atoms with van der Waals surface area (Å²) in [6, 6.07) is 10.7. The second-order valence-electron chi connectivity index (χ2n) is 8.48. The van der Waals surface area contributed by atoms with Gasteiger partial charge in [-0.3, -0.25) is 18.7 Å². The van der Waals surface area contributed by atoms with Crippen LogP contribution in [-0.2, 0) is 26.2 Å². The van der Waals surface area contributed by atoms with Crippen molar-refractivity contribution < 1.29 is 27.2 Å². The van der Waals surface area contributed by atoms with Crippen molar-refractivity contribution in [3.63, 3.8) is 0 Å². The van der Waals surface area contributed by atoms with Gasteiger partial charge in [0.1, 0.15) is 18.4 Å². The molecule has 2 rings (SSSR count). The predicted octanol–water partition coefficient (Wildman–Crippen LogP) is 3.13. The van der Waals surface area contributed by atoms with Crippen molar-refractivity contribution in [1.82, 2.24) is 10.2 Å². The van der Waals surface area contributed by atoms with Gasteiger partial charge in [0.15, 0.2) is 5.78 Å². The number of nitrogens with one attached hydrogen (secondary N) is 1. The highest BCUT2D eigenvalue weighted by Crippen LogP contribution is 2.21. The summed E-state index contributed by atoms with van der Waals surface area (Å²) in [5, 5.41) is 2.80. The van der Waals surface area contributed by atoms with E-state index in [1.807, 2.05) is 13.8 Å². The molecule has 1 N–H and O–H groups in total. The third kappa shape index (κ3) is 7.61. The van der Waals surface area contributed by atoms with Gasteiger partial charge in [-0.1, -0.05) is 37.3 Å². The maximum absolute atomic E-state index is 14.4. The molecule has 8 nitrogen and oxygen atoms in total. The van der Waals surface area contributed by atoms with Crippen LogP contribution < -0.4 is 9.62 Å². The fourth-order valence-corrected chi connectivity index (χ4v) is 4.19. The van der Waals surface area contributed by atoms with Crippen molar-refractivity contribution in [1.29, 1.82) is 0 Å². The number of benzene rings is 2. The average Bonchev–Trinajstić information content (AvgIpc) is 2.80. The number of rotatable bonds is 11. The second kappa shape index (κ2) is 11.9. The van der Waals surface area contributed by atoms with Gasteiger partial charge in [-0.05, 0) is 45.4 Å². The molecule has 0 aromatic heterocycles. The Morgan fingerprint density at radius 1 is 1.06 bits per heavy atom. The van der Waals surface area contributed by atoms with Gasteiger partial charge in [0.25, 0.3) is 0 Å². The van der Waals surface area contributed by atoms with E-state index in [-0.39, 0.29) is 35.2 Å². The van der Waals surface area contributed by atoms with Crippen molar-refractivity contribution in [2.24, 2.45) is 0 Å². The largest absolute Gasteiger partial charge is 0.352 e. The lowest BCUT2D eigenvalue weighted by Gasteiger charge is -2.32. The molecule has 0 saturated heterocycles. The number of ketones is 1. The zero-order valence-corrected chi connectivity index (χ0v) is 21.4. The number of nitrogens with zero attached hydrogens (tertiary/aromatic N) is 2. The number of hydrogen-bond acceptors (Lipinski definition) is 5. The lowest BCUT2D eigenvalue weighted by atomic mass is 10.1. The van der Waals surface area contributed by atoms with Crippen molar-refractivity contribution in [2.45, 2.75) is 52.7 Å². The molecule has 0 aliphatic rings. The maximum atomic E-state index is 14.4. The predicted molar refractivity (Wildman–Crippen MR) is 133 cm³/mol. The van der Waals surface area contributed by atoms with E-state index in [2.05, 4.69) is 5.32 Å². The van der Waals surface area contributed by atoms with Crippen LogP contribution in [0.1, 0.15) is 50.0 Å². The summed E-state index contributed by atoms with van der Waals surface area (Å²) in [5.74, 6) is -1.94. The molecule has 35 heavy (non-hydrogen) atoms. The molecule has 2 aromatic rings. The third-order valence-corrected chi connectivity index (χ3v) is 6.83. The van der Waals surface area contributed by atoms with Crippen LogP contribution in [0.5, 0.6) is 0 Å². The van der Waals surface area contributed by atoms with Crippen LogP contribution in [-0.4, -0.2) is 55.8 Å². The van der Waals surface area contributed by atoms with Gasteiger partial charge in [-0.2, -0.15) is 0 Å². The maximum Gasteiger partial charge on any atom is 0.244 e. The molecule has 0 heterocycles. The molecule has 0 aliphatic heterocycles. The number of carbonyl (C=O) groups is 3. The lowest BCUT2D eigenvalue weighted by molar-refractivity contribution is -0.139. The van der Waals surface area contributed by atoms with Gasteiger partial charge in [-0.15, -0.1) is 0 Å². The standard InChI is InChI=1S/C25H32FN3O5S/c1-6-17(2)27-25(32)18(3)28(15-21-10-7-8-13-23(21)26)24(31)16-29(35(5,33)34)22-12-9-11-20(14-22)19(4)30/h7-14,17-18H,6,15-16H2,1-5H3,(H,27,32)/t17-,18+/m1/s1. The highest BCUT2D eigenvalue weighted by atomic mass is 32.2. The lowest BCUT2D eigenvalue weighted by Crippen LogP contribution is -2.52. The molecule has 0 spiro atoms. The van der Waals surface area contributed by atoms with E-state index in [1.165, 1.54) is 50.2 Å². The van der Waals surface area contributed by atoms with Gasteiger partial charge in [0.05, 0.1) is 11.9 Å². The number of Topliss-reactive ketones (excluding diaryl/α,β-unsaturated/α-hetero) is 1. The van der Waals surface area contributed by atoms with E-state index in [9.17, 15) is 27.2 Å². The van der Waals surface area contributed by atoms with Crippen molar-refractivity contribution in [3.05, 3.63) is 65.5 Å². The Morgan fingerprint density at radius 2 is 1.71 bits per heavy atom.